The van der Waals surface area contributed by atoms with E-state index in [-0.39, 0.29) is 11.7 Å². The third kappa shape index (κ3) is 5.07. The second-order valence-electron chi connectivity index (χ2n) is 7.32. The molecule has 1 unspecified atom stereocenters. The Bertz CT molecular complexity index is 1220. The van der Waals surface area contributed by atoms with E-state index < -0.39 is 11.9 Å². The molecule has 3 heterocycles. The van der Waals surface area contributed by atoms with Crippen LogP contribution in [0.2, 0.25) is 0 Å². The van der Waals surface area contributed by atoms with E-state index in [0.29, 0.717) is 35.5 Å². The normalized spacial score (nSPS) is 13.1. The van der Waals surface area contributed by atoms with Crippen molar-refractivity contribution in [2.75, 3.05) is 21.2 Å². The number of carbonyl (C=O) groups is 4. The number of amides is 3. The molecule has 10 nitrogen and oxygen atoms in total. The third-order valence-corrected chi connectivity index (χ3v) is 5.09. The van der Waals surface area contributed by atoms with Gasteiger partial charge in [0.25, 0.3) is 11.8 Å². The number of nitrogens with one attached hydrogen (secondary N) is 2. The quantitative estimate of drug-likeness (QED) is 0.428. The first kappa shape index (κ1) is 23.6. The highest BCUT2D eigenvalue weighted by molar-refractivity contribution is 5.98. The number of benzene rings is 1. The van der Waals surface area contributed by atoms with Crippen molar-refractivity contribution in [1.82, 2.24) is 20.5 Å². The molecule has 3 amide bonds. The van der Waals surface area contributed by atoms with Crippen molar-refractivity contribution in [3.63, 3.8) is 0 Å². The molecule has 1 aromatic carbocycles. The van der Waals surface area contributed by atoms with Crippen LogP contribution in [-0.2, 0) is 16.1 Å². The van der Waals surface area contributed by atoms with Crippen LogP contribution < -0.4 is 15.4 Å². The summed E-state index contributed by atoms with van der Waals surface area (Å²) in [6.07, 6.45) is 0.307. The van der Waals surface area contributed by atoms with Crippen LogP contribution in [0.4, 0.5) is 0 Å². The molecule has 0 spiro atoms. The number of Topliss-reactive ketones (excluding diaryl/α,β-unsaturated/α-hetero) is 1. The molecule has 2 aromatic heterocycles. The number of likely N-dealkylation sites (N-methyl/N-ethyl adjacent to an activating group) is 1. The van der Waals surface area contributed by atoms with Gasteiger partial charge in [-0.3, -0.25) is 24.5 Å². The maximum atomic E-state index is 11.7. The first-order chi connectivity index (χ1) is 15.8. The minimum atomic E-state index is -0.810. The Labute approximate surface area is 189 Å². The summed E-state index contributed by atoms with van der Waals surface area (Å²) in [6.45, 7) is 2.13. The summed E-state index contributed by atoms with van der Waals surface area (Å²) in [7, 11) is 4.97. The number of aromatic nitrogens is 1. The van der Waals surface area contributed by atoms with E-state index >= 15 is 0 Å². The number of nitrogens with zero attached hydrogens (tertiary/aromatic N) is 2. The van der Waals surface area contributed by atoms with Crippen LogP contribution in [0.3, 0.4) is 0 Å². The molecule has 10 heteroatoms. The molecule has 1 aliphatic heterocycles. The van der Waals surface area contributed by atoms with E-state index in [1.807, 2.05) is 12.1 Å². The summed E-state index contributed by atoms with van der Waals surface area (Å²) in [6, 6.07) is 9.54. The lowest BCUT2D eigenvalue weighted by atomic mass is 10.1. The summed E-state index contributed by atoms with van der Waals surface area (Å²) in [5, 5.41) is 4.79. The highest BCUT2D eigenvalue weighted by Crippen LogP contribution is 2.25. The van der Waals surface area contributed by atoms with Crippen LogP contribution in [-0.4, -0.2) is 55.1 Å². The van der Waals surface area contributed by atoms with Crippen molar-refractivity contribution in [3.8, 4) is 5.75 Å². The van der Waals surface area contributed by atoms with Crippen molar-refractivity contribution in [1.29, 1.82) is 0 Å². The highest BCUT2D eigenvalue weighted by Gasteiger charge is 2.24. The molecule has 1 atom stereocenters. The van der Waals surface area contributed by atoms with Gasteiger partial charge in [0.05, 0.1) is 7.11 Å². The Kier molecular flexibility index (Phi) is 7.19. The minimum Gasteiger partial charge on any atom is -0.497 e. The van der Waals surface area contributed by atoms with Gasteiger partial charge in [0.2, 0.25) is 6.41 Å². The van der Waals surface area contributed by atoms with Crippen LogP contribution in [0.25, 0.3) is 11.1 Å². The van der Waals surface area contributed by atoms with Crippen LogP contribution in [0.15, 0.2) is 40.8 Å². The van der Waals surface area contributed by atoms with Crippen LogP contribution >= 0.6 is 0 Å². The van der Waals surface area contributed by atoms with E-state index in [1.54, 1.807) is 50.4 Å². The Morgan fingerprint density at radius 2 is 2.00 bits per heavy atom. The molecule has 3 aromatic rings. The highest BCUT2D eigenvalue weighted by atomic mass is 16.5. The summed E-state index contributed by atoms with van der Waals surface area (Å²) < 4.78 is 10.6. The summed E-state index contributed by atoms with van der Waals surface area (Å²) in [4.78, 5) is 50.7. The monoisotopic (exact) mass is 452 g/mol. The van der Waals surface area contributed by atoms with E-state index in [1.165, 1.54) is 6.92 Å². The predicted molar refractivity (Wildman–Crippen MR) is 119 cm³/mol. The number of ether oxygens (including phenoxy) is 1. The molecular formula is C23H24N4O6. The summed E-state index contributed by atoms with van der Waals surface area (Å²) in [5.74, 6) is 0.443. The maximum Gasteiger partial charge on any atom is 0.254 e. The fraction of sp³-hybridized carbons (Fsp3) is 0.261. The Balaban J connectivity index is 0.000000203. The zero-order valence-corrected chi connectivity index (χ0v) is 18.7. The average molecular weight is 452 g/mol. The zero-order valence-electron chi connectivity index (χ0n) is 18.7. The van der Waals surface area contributed by atoms with Gasteiger partial charge in [-0.15, -0.1) is 0 Å². The van der Waals surface area contributed by atoms with Crippen molar-refractivity contribution in [2.45, 2.75) is 19.5 Å². The van der Waals surface area contributed by atoms with E-state index in [0.717, 1.165) is 16.9 Å². The van der Waals surface area contributed by atoms with Gasteiger partial charge in [-0.05, 0) is 36.9 Å². The number of hydrogen-bond acceptors (Lipinski definition) is 8. The summed E-state index contributed by atoms with van der Waals surface area (Å²) in [5.41, 5.74) is 3.11. The average Bonchev–Trinajstić information content (AvgIpc) is 3.34. The second kappa shape index (κ2) is 10.0. The predicted octanol–water partition coefficient (Wildman–Crippen LogP) is 1.84. The van der Waals surface area contributed by atoms with E-state index in [2.05, 4.69) is 15.6 Å². The Morgan fingerprint density at radius 3 is 2.64 bits per heavy atom. The van der Waals surface area contributed by atoms with Gasteiger partial charge in [-0.2, -0.15) is 0 Å². The van der Waals surface area contributed by atoms with Gasteiger partial charge in [0, 0.05) is 32.1 Å². The largest absolute Gasteiger partial charge is 0.497 e. The third-order valence-electron chi connectivity index (χ3n) is 5.09. The number of hydrogen-bond donors (Lipinski definition) is 2. The minimum absolute atomic E-state index is 0.0777. The molecule has 1 aliphatic rings. The van der Waals surface area contributed by atoms with Gasteiger partial charge in [-0.1, -0.05) is 6.07 Å². The number of pyridine rings is 1. The number of imide groups is 1. The van der Waals surface area contributed by atoms with Crippen LogP contribution in [0, 0.1) is 0 Å². The van der Waals surface area contributed by atoms with Gasteiger partial charge in [0.1, 0.15) is 28.8 Å². The zero-order chi connectivity index (χ0) is 24.1. The number of ketones is 1. The van der Waals surface area contributed by atoms with Gasteiger partial charge < -0.3 is 19.4 Å². The molecular weight excluding hydrogens is 428 g/mol. The first-order valence-electron chi connectivity index (χ1n) is 10.0. The molecule has 2 N–H and O–H groups in total. The fourth-order valence-electron chi connectivity index (χ4n) is 3.38. The number of rotatable bonds is 6. The fourth-order valence-corrected chi connectivity index (χ4v) is 3.38. The molecule has 0 fully saturated rings. The lowest BCUT2D eigenvalue weighted by Crippen LogP contribution is -2.34. The lowest BCUT2D eigenvalue weighted by Gasteiger charge is -2.10. The van der Waals surface area contributed by atoms with Gasteiger partial charge >= 0.3 is 0 Å². The molecule has 0 saturated heterocycles. The van der Waals surface area contributed by atoms with Crippen LogP contribution in [0.1, 0.15) is 45.1 Å². The van der Waals surface area contributed by atoms with E-state index in [4.69, 9.17) is 9.15 Å². The molecule has 0 aliphatic carbocycles. The first-order valence-corrected chi connectivity index (χ1v) is 10.0. The lowest BCUT2D eigenvalue weighted by molar-refractivity contribution is -0.127. The molecule has 172 valence electrons. The van der Waals surface area contributed by atoms with Crippen molar-refractivity contribution >= 4 is 35.1 Å². The second-order valence-corrected chi connectivity index (χ2v) is 7.32. The molecule has 33 heavy (non-hydrogen) atoms. The van der Waals surface area contributed by atoms with Crippen molar-refractivity contribution < 1.29 is 28.3 Å². The Morgan fingerprint density at radius 1 is 1.24 bits per heavy atom. The molecule has 0 radical (unpaired) electrons. The van der Waals surface area contributed by atoms with Crippen LogP contribution in [0.5, 0.6) is 5.75 Å². The number of furan rings is 1. The Hall–Kier alpha value is -4.05. The number of carbonyl (C=O) groups excluding carboxylic acids is 4. The SMILES string of the molecule is CNC(C(=O)NC=O)c1cc2nc(C(C)=O)ccc2o1.COc1ccc2c(c1)C(=O)N(C)C2. The molecule has 0 saturated carbocycles. The van der Waals surface area contributed by atoms with Gasteiger partial charge in [0.15, 0.2) is 11.4 Å². The molecule has 0 bridgehead atoms. The van der Waals surface area contributed by atoms with Crippen molar-refractivity contribution in [3.05, 3.63) is 59.0 Å². The maximum absolute atomic E-state index is 11.7. The smallest absolute Gasteiger partial charge is 0.254 e. The number of fused-ring (bicyclic) bond motifs is 2. The topological polar surface area (TPSA) is 131 Å². The summed E-state index contributed by atoms with van der Waals surface area (Å²) >= 11 is 0. The standard InChI is InChI=1S/C13H13N3O4.C10H11NO2/c1-7(18)8-3-4-10-9(16-8)5-11(20-10)12(14-2)13(19)15-6-17;1-11-6-7-3-4-8(13-2)5-9(7)10(11)12/h3-6,12,14H,1-2H3,(H,15,17,19);3-5H,6H2,1-2H3. The molecule has 4 rings (SSSR count). The number of methoxy groups -OCH3 is 1. The van der Waals surface area contributed by atoms with Gasteiger partial charge in [-0.25, -0.2) is 4.98 Å². The van der Waals surface area contributed by atoms with E-state index in [9.17, 15) is 19.2 Å². The van der Waals surface area contributed by atoms with Crippen molar-refractivity contribution in [2.24, 2.45) is 0 Å².